The van der Waals surface area contributed by atoms with Gasteiger partial charge in [0.2, 0.25) is 0 Å². The molecule has 0 aromatic heterocycles. The molecule has 0 radical (unpaired) electrons. The van der Waals surface area contributed by atoms with Crippen molar-refractivity contribution < 1.29 is 0 Å². The molecule has 0 saturated carbocycles. The molecule has 0 fully saturated rings. The Labute approximate surface area is 795 Å². The Balaban J connectivity index is 0.000000141. The van der Waals surface area contributed by atoms with Crippen molar-refractivity contribution in [1.82, 2.24) is 0 Å². The molecule has 0 aliphatic heterocycles. The van der Waals surface area contributed by atoms with E-state index >= 15 is 0 Å². The summed E-state index contributed by atoms with van der Waals surface area (Å²) in [5.41, 5.74) is 33.6. The first-order chi connectivity index (χ1) is 61.8. The summed E-state index contributed by atoms with van der Waals surface area (Å²) in [6.45, 7) is 68.1. The van der Waals surface area contributed by atoms with Crippen molar-refractivity contribution in [1.29, 1.82) is 0 Å². The van der Waals surface area contributed by atoms with E-state index in [2.05, 4.69) is 560 Å². The molecule has 17 rings (SSSR count). The molecule has 0 aliphatic rings. The quantitative estimate of drug-likeness (QED) is 0.149. The molecule has 0 heterocycles. The summed E-state index contributed by atoms with van der Waals surface area (Å²) in [7, 11) is 0. The fourth-order valence-corrected chi connectivity index (χ4v) is 18.4. The van der Waals surface area contributed by atoms with Crippen LogP contribution in [-0.4, -0.2) is 0 Å². The summed E-state index contributed by atoms with van der Waals surface area (Å²) in [5.74, 6) is 0. The normalized spacial score (nSPS) is 12.5. The second-order valence-electron chi connectivity index (χ2n) is 47.1. The molecule has 0 bridgehead atoms. The summed E-state index contributed by atoms with van der Waals surface area (Å²) >= 11 is 0. The molecule has 0 heteroatoms. The van der Waals surface area contributed by atoms with Crippen molar-refractivity contribution in [3.05, 3.63) is 407 Å². The molecule has 0 amide bonds. The van der Waals surface area contributed by atoms with Gasteiger partial charge in [-0.3, -0.25) is 0 Å². The fraction of sp³-hybridized carbons (Fsp3) is 0.303. The largest absolute Gasteiger partial charge is 0.0616 e. The zero-order valence-corrected chi connectivity index (χ0v) is 85.5. The Hall–Kier alpha value is -12.0. The molecule has 676 valence electrons. The highest BCUT2D eigenvalue weighted by molar-refractivity contribution is 6.06. The van der Waals surface area contributed by atoms with E-state index in [9.17, 15) is 0 Å². The number of rotatable bonds is 7. The van der Waals surface area contributed by atoms with Crippen molar-refractivity contribution in [2.24, 2.45) is 0 Å². The Morgan fingerprint density at radius 2 is 0.280 bits per heavy atom. The minimum Gasteiger partial charge on any atom is -0.0616 e. The van der Waals surface area contributed by atoms with Crippen LogP contribution in [0.2, 0.25) is 0 Å². The van der Waals surface area contributed by atoms with Gasteiger partial charge in [0.1, 0.15) is 0 Å². The first kappa shape index (κ1) is 97.6. The number of hydrogen-bond acceptors (Lipinski definition) is 0. The zero-order chi connectivity index (χ0) is 95.6. The Bertz CT molecular complexity index is 6640. The maximum absolute atomic E-state index is 2.35. The molecule has 17 aromatic carbocycles. The number of benzene rings is 17. The molecular formula is C132H148. The monoisotopic (exact) mass is 1730 g/mol. The van der Waals surface area contributed by atoms with Crippen molar-refractivity contribution in [2.45, 2.75) is 262 Å². The zero-order valence-electron chi connectivity index (χ0n) is 85.5. The SMILES string of the molecule is CC(C)(C)c1ccc(-c2ccc(-c3ccc(C(C)(C)C)c4ccccc34)cc2)cc1.CC(C)(C)c1ccc(-c2ccc(-c3ccc(C(C)(C)C)cc3)c3ccccc23)cc1.CC(C)(C)c1ccc(-c2ccc(C(C)(C)C)c3ccccc23)cc1.CC(C)(C)c1ccc(-c2cccc3c(C(C)(C)C)cccc23)cc1.CC(C)(C)c1cccc(-c2ccc(C(C)(C)C)c3ccccc23)c1. The summed E-state index contributed by atoms with van der Waals surface area (Å²) in [5, 5.41) is 13.4. The molecule has 0 spiro atoms. The van der Waals surface area contributed by atoms with Gasteiger partial charge in [-0.15, -0.1) is 0 Å². The van der Waals surface area contributed by atoms with E-state index in [-0.39, 0.29) is 54.1 Å². The van der Waals surface area contributed by atoms with E-state index in [1.54, 1.807) is 0 Å². The Morgan fingerprint density at radius 3 is 0.538 bits per heavy atom. The van der Waals surface area contributed by atoms with Gasteiger partial charge in [0.05, 0.1) is 0 Å². The van der Waals surface area contributed by atoms with Crippen molar-refractivity contribution in [2.75, 3.05) is 0 Å². The lowest BCUT2D eigenvalue weighted by Crippen LogP contribution is -2.12. The van der Waals surface area contributed by atoms with E-state index in [4.69, 9.17) is 0 Å². The van der Waals surface area contributed by atoms with Crippen LogP contribution in [0.4, 0.5) is 0 Å². The highest BCUT2D eigenvalue weighted by Crippen LogP contribution is 2.45. The van der Waals surface area contributed by atoms with Crippen LogP contribution in [0.25, 0.3) is 132 Å². The van der Waals surface area contributed by atoms with Crippen LogP contribution in [0, 0.1) is 0 Å². The van der Waals surface area contributed by atoms with Crippen molar-refractivity contribution in [3.8, 4) is 77.9 Å². The van der Waals surface area contributed by atoms with E-state index in [0.29, 0.717) is 0 Å². The highest BCUT2D eigenvalue weighted by atomic mass is 14.3. The van der Waals surface area contributed by atoms with Crippen LogP contribution in [-0.2, 0) is 54.1 Å². The predicted octanol–water partition coefficient (Wildman–Crippen LogP) is 38.8. The topological polar surface area (TPSA) is 0 Å². The minimum absolute atomic E-state index is 0.126. The average molecular weight is 1730 g/mol. The molecule has 0 atom stereocenters. The van der Waals surface area contributed by atoms with Crippen LogP contribution in [0.1, 0.15) is 263 Å². The van der Waals surface area contributed by atoms with Crippen LogP contribution in [0.3, 0.4) is 0 Å². The van der Waals surface area contributed by atoms with Crippen LogP contribution in [0.15, 0.2) is 352 Å². The second-order valence-corrected chi connectivity index (χ2v) is 47.1. The average Bonchev–Trinajstić information content (AvgIpc) is 0.745. The third-order valence-electron chi connectivity index (χ3n) is 26.4. The van der Waals surface area contributed by atoms with Gasteiger partial charge in [0.15, 0.2) is 0 Å². The maximum Gasteiger partial charge on any atom is -0.00992 e. The van der Waals surface area contributed by atoms with E-state index in [1.165, 1.54) is 187 Å². The van der Waals surface area contributed by atoms with E-state index < -0.39 is 0 Å². The maximum atomic E-state index is 2.35. The van der Waals surface area contributed by atoms with Gasteiger partial charge in [0, 0.05) is 0 Å². The van der Waals surface area contributed by atoms with Crippen molar-refractivity contribution >= 4 is 53.9 Å². The molecule has 0 aliphatic carbocycles. The first-order valence-corrected chi connectivity index (χ1v) is 48.2. The van der Waals surface area contributed by atoms with Crippen LogP contribution < -0.4 is 0 Å². The van der Waals surface area contributed by atoms with Crippen LogP contribution in [0.5, 0.6) is 0 Å². The summed E-state index contributed by atoms with van der Waals surface area (Å²) in [6.07, 6.45) is 0. The van der Waals surface area contributed by atoms with Gasteiger partial charge < -0.3 is 0 Å². The molecule has 17 aromatic rings. The lowest BCUT2D eigenvalue weighted by atomic mass is 9.81. The lowest BCUT2D eigenvalue weighted by molar-refractivity contribution is 0.590. The lowest BCUT2D eigenvalue weighted by Gasteiger charge is -2.23. The standard InChI is InChI=1S/2C30H32.3C24H28/c1-29(2,3)23-15-11-21(12-16-23)25-19-20-26(28-10-8-7-9-27(25)28)22-13-17-24(18-14-22)30(4,5)6;1-29(2,3)24-17-15-22(16-18-24)21-11-13-23(14-12-21)25-19-20-28(30(4,5)6)27-10-8-7-9-26(25)27;1-23(2,3)18-15-13-17(14-16-18)19-9-7-11-21-20(19)10-8-12-22(21)24(4,5)6;1-23(2,3)18-11-9-10-17(16-18)19-14-15-22(24(4,5)6)21-13-8-7-12-20(19)21;1-23(2,3)18-13-11-17(12-14-18)19-15-16-22(24(4,5)6)21-10-8-7-9-20(19)21/h2*7-20H,1-6H3;3*7-16H,1-6H3. The smallest absolute Gasteiger partial charge is 0.00992 e. The molecule has 0 nitrogen and oxygen atoms in total. The van der Waals surface area contributed by atoms with Gasteiger partial charge >= 0.3 is 0 Å². The third-order valence-corrected chi connectivity index (χ3v) is 26.4. The van der Waals surface area contributed by atoms with E-state index in [1.807, 2.05) is 0 Å². The second kappa shape index (κ2) is 38.3. The third kappa shape index (κ3) is 22.8. The van der Waals surface area contributed by atoms with Crippen LogP contribution >= 0.6 is 0 Å². The minimum atomic E-state index is 0.126. The highest BCUT2D eigenvalue weighted by Gasteiger charge is 2.27. The summed E-state index contributed by atoms with van der Waals surface area (Å²) in [6, 6.07) is 130. The summed E-state index contributed by atoms with van der Waals surface area (Å²) < 4.78 is 0. The molecule has 0 saturated heterocycles. The number of fused-ring (bicyclic) bond motifs is 5. The van der Waals surface area contributed by atoms with Gasteiger partial charge in [-0.05, 0) is 242 Å². The molecular weight excluding hydrogens is 1590 g/mol. The predicted molar refractivity (Wildman–Crippen MR) is 585 cm³/mol. The van der Waals surface area contributed by atoms with Gasteiger partial charge in [-0.2, -0.15) is 0 Å². The van der Waals surface area contributed by atoms with Gasteiger partial charge in [-0.1, -0.05) is 560 Å². The Kier molecular flexibility index (Phi) is 28.3. The fourth-order valence-electron chi connectivity index (χ4n) is 18.4. The first-order valence-electron chi connectivity index (χ1n) is 48.2. The van der Waals surface area contributed by atoms with Crippen molar-refractivity contribution in [3.63, 3.8) is 0 Å². The summed E-state index contributed by atoms with van der Waals surface area (Å²) in [4.78, 5) is 0. The van der Waals surface area contributed by atoms with Gasteiger partial charge in [-0.25, -0.2) is 0 Å². The number of hydrogen-bond donors (Lipinski definition) is 0. The van der Waals surface area contributed by atoms with Gasteiger partial charge in [0.25, 0.3) is 0 Å². The Morgan fingerprint density at radius 1 is 0.106 bits per heavy atom. The molecule has 132 heavy (non-hydrogen) atoms. The van der Waals surface area contributed by atoms with E-state index in [0.717, 1.165) is 0 Å². The molecule has 0 unspecified atom stereocenters. The molecule has 0 N–H and O–H groups in total.